The van der Waals surface area contributed by atoms with Crippen molar-refractivity contribution in [2.45, 2.75) is 43.7 Å². The van der Waals surface area contributed by atoms with Crippen LogP contribution in [-0.4, -0.2) is 48.8 Å². The van der Waals surface area contributed by atoms with Crippen LogP contribution >= 0.6 is 0 Å². The highest BCUT2D eigenvalue weighted by Crippen LogP contribution is 2.55. The van der Waals surface area contributed by atoms with Gasteiger partial charge in [-0.25, -0.2) is 4.39 Å². The molecule has 4 aliphatic rings. The first-order chi connectivity index (χ1) is 16.4. The van der Waals surface area contributed by atoms with E-state index in [1.807, 2.05) is 0 Å². The minimum atomic E-state index is -0.597. The lowest BCUT2D eigenvalue weighted by Gasteiger charge is -2.58. The maximum atomic E-state index is 14.2. The summed E-state index contributed by atoms with van der Waals surface area (Å²) in [4.78, 5) is 26.2. The molecule has 2 N–H and O–H groups in total. The Bertz CT molecular complexity index is 1090. The smallest absolute Gasteiger partial charge is 0.255 e. The van der Waals surface area contributed by atoms with Crippen LogP contribution in [0, 0.1) is 23.6 Å². The van der Waals surface area contributed by atoms with Crippen LogP contribution in [0.5, 0.6) is 5.75 Å². The van der Waals surface area contributed by atoms with E-state index < -0.39 is 17.2 Å². The summed E-state index contributed by atoms with van der Waals surface area (Å²) in [5, 5.41) is 14.0. The van der Waals surface area contributed by atoms with Crippen LogP contribution in [0.4, 0.5) is 4.39 Å². The Morgan fingerprint density at radius 2 is 1.79 bits per heavy atom. The molecule has 4 fully saturated rings. The van der Waals surface area contributed by atoms with E-state index in [-0.39, 0.29) is 47.3 Å². The molecule has 4 saturated carbocycles. The number of carbonyl (C=O) groups excluding carboxylic acids is 2. The third-order valence-corrected chi connectivity index (χ3v) is 7.69. The fourth-order valence-corrected chi connectivity index (χ4v) is 6.45. The van der Waals surface area contributed by atoms with Crippen molar-refractivity contribution in [3.8, 4) is 5.75 Å². The number of ether oxygens (including phenoxy) is 2. The molecule has 1 amide bonds. The van der Waals surface area contributed by atoms with Gasteiger partial charge < -0.3 is 19.9 Å². The number of ketones is 1. The van der Waals surface area contributed by atoms with Gasteiger partial charge in [-0.15, -0.1) is 0 Å². The van der Waals surface area contributed by atoms with Crippen molar-refractivity contribution in [3.05, 3.63) is 65.0 Å². The van der Waals surface area contributed by atoms with Crippen LogP contribution in [0.2, 0.25) is 0 Å². The first-order valence-electron chi connectivity index (χ1n) is 11.9. The van der Waals surface area contributed by atoms with Crippen LogP contribution in [-0.2, 0) is 4.74 Å². The van der Waals surface area contributed by atoms with Gasteiger partial charge >= 0.3 is 0 Å². The zero-order chi connectivity index (χ0) is 23.9. The third kappa shape index (κ3) is 4.34. The lowest BCUT2D eigenvalue weighted by atomic mass is 9.52. The van der Waals surface area contributed by atoms with Gasteiger partial charge in [0.25, 0.3) is 5.91 Å². The van der Waals surface area contributed by atoms with Crippen molar-refractivity contribution in [1.82, 2.24) is 5.32 Å². The normalized spacial score (nSPS) is 29.1. The summed E-state index contributed by atoms with van der Waals surface area (Å²) in [5.41, 5.74) is -0.0328. The van der Waals surface area contributed by atoms with Gasteiger partial charge in [0.1, 0.15) is 18.2 Å². The second kappa shape index (κ2) is 9.12. The predicted molar refractivity (Wildman–Crippen MR) is 123 cm³/mol. The van der Waals surface area contributed by atoms with Gasteiger partial charge in [0.2, 0.25) is 0 Å². The average Bonchev–Trinajstić information content (AvgIpc) is 2.80. The number of aliphatic hydroxyl groups is 1. The van der Waals surface area contributed by atoms with Crippen molar-refractivity contribution in [2.75, 3.05) is 20.3 Å². The zero-order valence-electron chi connectivity index (χ0n) is 19.3. The first kappa shape index (κ1) is 23.0. The van der Waals surface area contributed by atoms with Gasteiger partial charge in [0.05, 0.1) is 23.3 Å². The SMILES string of the molecule is COCCOc1cc(C(=O)c2ccccc2F)ccc1C(=O)N[C@H]1C2CC3CC1C[C@](O)(C3)C2. The molecule has 0 radical (unpaired) electrons. The van der Waals surface area contributed by atoms with E-state index in [2.05, 4.69) is 5.32 Å². The van der Waals surface area contributed by atoms with Crippen LogP contribution in [0.3, 0.4) is 0 Å². The van der Waals surface area contributed by atoms with E-state index in [4.69, 9.17) is 9.47 Å². The summed E-state index contributed by atoms with van der Waals surface area (Å²) in [6, 6.07) is 10.4. The largest absolute Gasteiger partial charge is 0.490 e. The van der Waals surface area contributed by atoms with E-state index in [0.717, 1.165) is 32.1 Å². The molecule has 6 nitrogen and oxygen atoms in total. The van der Waals surface area contributed by atoms with Gasteiger partial charge in [0.15, 0.2) is 5.78 Å². The summed E-state index contributed by atoms with van der Waals surface area (Å²) >= 11 is 0. The summed E-state index contributed by atoms with van der Waals surface area (Å²) < 4.78 is 25.0. The van der Waals surface area contributed by atoms with Crippen molar-refractivity contribution >= 4 is 11.7 Å². The highest BCUT2D eigenvalue weighted by Gasteiger charge is 2.55. The lowest BCUT2D eigenvalue weighted by molar-refractivity contribution is -0.136. The number of hydrogen-bond donors (Lipinski definition) is 2. The van der Waals surface area contributed by atoms with Gasteiger partial charge in [0, 0.05) is 18.7 Å². The molecule has 180 valence electrons. The van der Waals surface area contributed by atoms with E-state index in [1.54, 1.807) is 19.2 Å². The molecular weight excluding hydrogens is 437 g/mol. The Morgan fingerprint density at radius 3 is 2.47 bits per heavy atom. The number of benzene rings is 2. The Kier molecular flexibility index (Phi) is 6.16. The number of rotatable bonds is 8. The van der Waals surface area contributed by atoms with E-state index in [9.17, 15) is 19.1 Å². The maximum Gasteiger partial charge on any atom is 0.255 e. The number of halogens is 1. The fraction of sp³-hybridized carbons (Fsp3) is 0.481. The molecule has 0 aromatic heterocycles. The van der Waals surface area contributed by atoms with Gasteiger partial charge in [-0.3, -0.25) is 9.59 Å². The van der Waals surface area contributed by atoms with Crippen molar-refractivity contribution in [3.63, 3.8) is 0 Å². The Morgan fingerprint density at radius 1 is 1.06 bits per heavy atom. The van der Waals surface area contributed by atoms with E-state index >= 15 is 0 Å². The van der Waals surface area contributed by atoms with Gasteiger partial charge in [-0.2, -0.15) is 0 Å². The molecule has 4 aliphatic carbocycles. The summed E-state index contributed by atoms with van der Waals surface area (Å²) in [5.74, 6) is 0.0313. The molecule has 34 heavy (non-hydrogen) atoms. The molecular formula is C27H30FNO5. The highest BCUT2D eigenvalue weighted by molar-refractivity contribution is 6.10. The second-order valence-corrected chi connectivity index (χ2v) is 10.1. The molecule has 2 atom stereocenters. The number of hydrogen-bond acceptors (Lipinski definition) is 5. The van der Waals surface area contributed by atoms with E-state index in [1.165, 1.54) is 30.3 Å². The van der Waals surface area contributed by atoms with Crippen LogP contribution in [0.15, 0.2) is 42.5 Å². The standard InChI is InChI=1S/C27H30FNO5/c1-33-8-9-34-23-12-17(25(30)20-4-2-3-5-22(20)28)6-7-21(23)26(31)29-24-18-10-16-11-19(24)15-27(32,13-16)14-18/h2-7,12,16,18-19,24,32H,8-11,13-15H2,1H3,(H,29,31)/t16?,18?,19?,24-,27-. The quantitative estimate of drug-likeness (QED) is 0.456. The molecule has 2 aromatic rings. The minimum absolute atomic E-state index is 0.0240. The molecule has 2 aromatic carbocycles. The summed E-state index contributed by atoms with van der Waals surface area (Å²) in [6.45, 7) is 0.525. The summed E-state index contributed by atoms with van der Waals surface area (Å²) in [7, 11) is 1.55. The topological polar surface area (TPSA) is 84.9 Å². The Hall–Kier alpha value is -2.77. The summed E-state index contributed by atoms with van der Waals surface area (Å²) in [6.07, 6.45) is 4.43. The molecule has 6 rings (SSSR count). The molecule has 0 saturated heterocycles. The fourth-order valence-electron chi connectivity index (χ4n) is 6.45. The van der Waals surface area contributed by atoms with Crippen molar-refractivity contribution < 1.29 is 28.6 Å². The third-order valence-electron chi connectivity index (χ3n) is 7.69. The predicted octanol–water partition coefficient (Wildman–Crippen LogP) is 3.75. The molecule has 7 heteroatoms. The van der Waals surface area contributed by atoms with Gasteiger partial charge in [-0.1, -0.05) is 12.1 Å². The maximum absolute atomic E-state index is 14.2. The Labute approximate surface area is 198 Å². The first-order valence-corrected chi connectivity index (χ1v) is 11.9. The van der Waals surface area contributed by atoms with Crippen LogP contribution in [0.25, 0.3) is 0 Å². The minimum Gasteiger partial charge on any atom is -0.490 e. The highest BCUT2D eigenvalue weighted by atomic mass is 19.1. The average molecular weight is 468 g/mol. The molecule has 0 spiro atoms. The molecule has 4 bridgehead atoms. The second-order valence-electron chi connectivity index (χ2n) is 10.1. The van der Waals surface area contributed by atoms with Crippen LogP contribution < -0.4 is 10.1 Å². The monoisotopic (exact) mass is 467 g/mol. The Balaban J connectivity index is 1.38. The molecule has 0 heterocycles. The van der Waals surface area contributed by atoms with Crippen LogP contribution in [0.1, 0.15) is 58.4 Å². The number of nitrogens with one attached hydrogen (secondary N) is 1. The van der Waals surface area contributed by atoms with Crippen molar-refractivity contribution in [2.24, 2.45) is 17.8 Å². The van der Waals surface area contributed by atoms with Crippen molar-refractivity contribution in [1.29, 1.82) is 0 Å². The van der Waals surface area contributed by atoms with E-state index in [0.29, 0.717) is 18.1 Å². The molecule has 2 unspecified atom stereocenters. The lowest BCUT2D eigenvalue weighted by Crippen LogP contribution is -2.61. The molecule has 0 aliphatic heterocycles. The number of carbonyl (C=O) groups is 2. The zero-order valence-corrected chi connectivity index (χ0v) is 19.3. The van der Waals surface area contributed by atoms with Gasteiger partial charge in [-0.05, 0) is 80.2 Å². The number of methoxy groups -OCH3 is 1. The number of amides is 1.